The maximum absolute atomic E-state index is 11.4. The SMILES string of the molecule is CCCCN(CC)c1cc2c(cc1N)NC(=O)CC2. The molecule has 0 fully saturated rings. The number of benzene rings is 1. The summed E-state index contributed by atoms with van der Waals surface area (Å²) in [7, 11) is 0. The van der Waals surface area contributed by atoms with Gasteiger partial charge in [0.15, 0.2) is 0 Å². The van der Waals surface area contributed by atoms with Gasteiger partial charge in [0.1, 0.15) is 0 Å². The number of anilines is 3. The monoisotopic (exact) mass is 261 g/mol. The number of hydrogen-bond acceptors (Lipinski definition) is 3. The minimum Gasteiger partial charge on any atom is -0.397 e. The Morgan fingerprint density at radius 3 is 2.79 bits per heavy atom. The highest BCUT2D eigenvalue weighted by Crippen LogP contribution is 2.33. The van der Waals surface area contributed by atoms with Crippen molar-refractivity contribution in [2.75, 3.05) is 29.0 Å². The van der Waals surface area contributed by atoms with E-state index in [-0.39, 0.29) is 5.91 Å². The first-order valence-electron chi connectivity index (χ1n) is 7.12. The molecule has 19 heavy (non-hydrogen) atoms. The molecule has 1 aliphatic rings. The van der Waals surface area contributed by atoms with Crippen molar-refractivity contribution < 1.29 is 4.79 Å². The molecule has 104 valence electrons. The molecule has 1 heterocycles. The van der Waals surface area contributed by atoms with E-state index < -0.39 is 0 Å². The molecule has 0 spiro atoms. The zero-order valence-electron chi connectivity index (χ0n) is 11.8. The van der Waals surface area contributed by atoms with Crippen molar-refractivity contribution in [1.82, 2.24) is 0 Å². The molecule has 1 aromatic carbocycles. The van der Waals surface area contributed by atoms with Crippen LogP contribution in [-0.4, -0.2) is 19.0 Å². The van der Waals surface area contributed by atoms with Crippen LogP contribution in [0.2, 0.25) is 0 Å². The number of rotatable bonds is 5. The zero-order valence-corrected chi connectivity index (χ0v) is 11.8. The molecule has 2 rings (SSSR count). The van der Waals surface area contributed by atoms with E-state index in [2.05, 4.69) is 30.1 Å². The van der Waals surface area contributed by atoms with Crippen molar-refractivity contribution in [2.24, 2.45) is 0 Å². The molecular weight excluding hydrogens is 238 g/mol. The summed E-state index contributed by atoms with van der Waals surface area (Å²) in [6.45, 7) is 6.33. The van der Waals surface area contributed by atoms with E-state index >= 15 is 0 Å². The predicted molar refractivity (Wildman–Crippen MR) is 80.6 cm³/mol. The highest BCUT2D eigenvalue weighted by Gasteiger charge is 2.18. The van der Waals surface area contributed by atoms with Crippen LogP contribution in [0.5, 0.6) is 0 Å². The number of hydrogen-bond donors (Lipinski definition) is 2. The van der Waals surface area contributed by atoms with Gasteiger partial charge in [0, 0.05) is 25.2 Å². The molecular formula is C15H23N3O. The molecule has 4 heteroatoms. The van der Waals surface area contributed by atoms with Crippen molar-refractivity contribution in [2.45, 2.75) is 39.5 Å². The van der Waals surface area contributed by atoms with Crippen LogP contribution in [0.1, 0.15) is 38.7 Å². The van der Waals surface area contributed by atoms with E-state index in [0.717, 1.165) is 36.6 Å². The summed E-state index contributed by atoms with van der Waals surface area (Å²) in [4.78, 5) is 13.7. The van der Waals surface area contributed by atoms with Crippen molar-refractivity contribution in [1.29, 1.82) is 0 Å². The van der Waals surface area contributed by atoms with Gasteiger partial charge in [0.2, 0.25) is 5.91 Å². The Kier molecular flexibility index (Phi) is 4.30. The zero-order chi connectivity index (χ0) is 13.8. The van der Waals surface area contributed by atoms with Gasteiger partial charge in [-0.2, -0.15) is 0 Å². The van der Waals surface area contributed by atoms with Gasteiger partial charge in [0.05, 0.1) is 11.4 Å². The highest BCUT2D eigenvalue weighted by atomic mass is 16.1. The van der Waals surface area contributed by atoms with Crippen LogP contribution in [0.15, 0.2) is 12.1 Å². The van der Waals surface area contributed by atoms with Gasteiger partial charge in [0.25, 0.3) is 0 Å². The summed E-state index contributed by atoms with van der Waals surface area (Å²) in [5.41, 5.74) is 10.1. The van der Waals surface area contributed by atoms with Crippen LogP contribution in [0.25, 0.3) is 0 Å². The predicted octanol–water partition coefficient (Wildman–Crippen LogP) is 2.78. The third-order valence-electron chi connectivity index (χ3n) is 3.65. The molecule has 1 aliphatic heterocycles. The van der Waals surface area contributed by atoms with Crippen LogP contribution >= 0.6 is 0 Å². The number of unbranched alkanes of at least 4 members (excludes halogenated alkanes) is 1. The third-order valence-corrected chi connectivity index (χ3v) is 3.65. The average molecular weight is 261 g/mol. The first kappa shape index (κ1) is 13.7. The van der Waals surface area contributed by atoms with E-state index in [0.29, 0.717) is 6.42 Å². The molecule has 1 aromatic rings. The van der Waals surface area contributed by atoms with Crippen molar-refractivity contribution in [3.05, 3.63) is 17.7 Å². The fourth-order valence-corrected chi connectivity index (χ4v) is 2.50. The van der Waals surface area contributed by atoms with Crippen LogP contribution < -0.4 is 16.0 Å². The topological polar surface area (TPSA) is 58.4 Å². The second-order valence-electron chi connectivity index (χ2n) is 5.05. The van der Waals surface area contributed by atoms with Gasteiger partial charge in [-0.1, -0.05) is 13.3 Å². The second-order valence-corrected chi connectivity index (χ2v) is 5.05. The lowest BCUT2D eigenvalue weighted by molar-refractivity contribution is -0.116. The fourth-order valence-electron chi connectivity index (χ4n) is 2.50. The van der Waals surface area contributed by atoms with Crippen molar-refractivity contribution in [3.8, 4) is 0 Å². The lowest BCUT2D eigenvalue weighted by atomic mass is 10.0. The normalized spacial score (nSPS) is 13.9. The summed E-state index contributed by atoms with van der Waals surface area (Å²) in [5, 5.41) is 2.89. The Labute approximate surface area is 115 Å². The van der Waals surface area contributed by atoms with E-state index in [4.69, 9.17) is 5.73 Å². The number of nitrogens with two attached hydrogens (primary N) is 1. The average Bonchev–Trinajstić information content (AvgIpc) is 2.40. The van der Waals surface area contributed by atoms with E-state index in [1.807, 2.05) is 6.07 Å². The maximum atomic E-state index is 11.4. The Bertz CT molecular complexity index is 471. The summed E-state index contributed by atoms with van der Waals surface area (Å²) >= 11 is 0. The molecule has 0 saturated carbocycles. The van der Waals surface area contributed by atoms with Crippen LogP contribution in [0, 0.1) is 0 Å². The molecule has 3 N–H and O–H groups in total. The van der Waals surface area contributed by atoms with Gasteiger partial charge < -0.3 is 16.0 Å². The van der Waals surface area contributed by atoms with Gasteiger partial charge in [-0.25, -0.2) is 0 Å². The van der Waals surface area contributed by atoms with Gasteiger partial charge in [-0.05, 0) is 37.5 Å². The molecule has 0 saturated heterocycles. The van der Waals surface area contributed by atoms with Crippen LogP contribution in [-0.2, 0) is 11.2 Å². The van der Waals surface area contributed by atoms with Crippen LogP contribution in [0.4, 0.5) is 17.1 Å². The van der Waals surface area contributed by atoms with Gasteiger partial charge in [-0.15, -0.1) is 0 Å². The Balaban J connectivity index is 2.28. The summed E-state index contributed by atoms with van der Waals surface area (Å²) in [5.74, 6) is 0.0815. The minimum atomic E-state index is 0.0815. The quantitative estimate of drug-likeness (QED) is 0.801. The summed E-state index contributed by atoms with van der Waals surface area (Å²) in [6, 6.07) is 4.04. The van der Waals surface area contributed by atoms with Gasteiger partial charge >= 0.3 is 0 Å². The maximum Gasteiger partial charge on any atom is 0.224 e. The molecule has 0 unspecified atom stereocenters. The van der Waals surface area contributed by atoms with Gasteiger partial charge in [-0.3, -0.25) is 4.79 Å². The van der Waals surface area contributed by atoms with E-state index in [1.54, 1.807) is 0 Å². The summed E-state index contributed by atoms with van der Waals surface area (Å²) in [6.07, 6.45) is 3.72. The first-order valence-corrected chi connectivity index (χ1v) is 7.12. The largest absolute Gasteiger partial charge is 0.397 e. The number of amides is 1. The Morgan fingerprint density at radius 1 is 1.32 bits per heavy atom. The number of nitrogens with zero attached hydrogens (tertiary/aromatic N) is 1. The highest BCUT2D eigenvalue weighted by molar-refractivity contribution is 5.95. The smallest absolute Gasteiger partial charge is 0.224 e. The molecule has 4 nitrogen and oxygen atoms in total. The Morgan fingerprint density at radius 2 is 2.11 bits per heavy atom. The van der Waals surface area contributed by atoms with Crippen LogP contribution in [0.3, 0.4) is 0 Å². The second kappa shape index (κ2) is 5.95. The molecule has 1 amide bonds. The van der Waals surface area contributed by atoms with Crippen molar-refractivity contribution >= 4 is 23.0 Å². The van der Waals surface area contributed by atoms with E-state index in [1.165, 1.54) is 18.4 Å². The number of carbonyl (C=O) groups is 1. The number of nitrogens with one attached hydrogen (secondary N) is 1. The third kappa shape index (κ3) is 3.00. The Hall–Kier alpha value is -1.71. The summed E-state index contributed by atoms with van der Waals surface area (Å²) < 4.78 is 0. The van der Waals surface area contributed by atoms with E-state index in [9.17, 15) is 4.79 Å². The molecule has 0 bridgehead atoms. The minimum absolute atomic E-state index is 0.0815. The molecule has 0 aromatic heterocycles. The lowest BCUT2D eigenvalue weighted by Gasteiger charge is -2.27. The molecule has 0 radical (unpaired) electrons. The van der Waals surface area contributed by atoms with Crippen molar-refractivity contribution in [3.63, 3.8) is 0 Å². The number of fused-ring (bicyclic) bond motifs is 1. The molecule has 0 atom stereocenters. The number of nitrogen functional groups attached to an aromatic ring is 1. The fraction of sp³-hybridized carbons (Fsp3) is 0.533. The lowest BCUT2D eigenvalue weighted by Crippen LogP contribution is -2.26. The number of carbonyl (C=O) groups excluding carboxylic acids is 1. The number of aryl methyl sites for hydroxylation is 1. The molecule has 0 aliphatic carbocycles. The standard InChI is InChI=1S/C15H23N3O/c1-3-5-8-18(4-2)14-9-11-6-7-15(19)17-13(11)10-12(14)16/h9-10H,3-8,16H2,1-2H3,(H,17,19). The first-order chi connectivity index (χ1) is 9.15.